The molecule has 0 heterocycles. The van der Waals surface area contributed by atoms with Gasteiger partial charge in [-0.3, -0.25) is 8.39 Å². The molecule has 0 radical (unpaired) electrons. The third-order valence-electron chi connectivity index (χ3n) is 0.498. The van der Waals surface area contributed by atoms with E-state index in [1.807, 2.05) is 0 Å². The number of hydrogen-bond acceptors (Lipinski definition) is 5. The van der Waals surface area contributed by atoms with Gasteiger partial charge in [-0.25, -0.2) is 5.14 Å². The van der Waals surface area contributed by atoms with Crippen molar-refractivity contribution in [2.24, 2.45) is 5.14 Å². The van der Waals surface area contributed by atoms with Crippen molar-refractivity contribution < 1.29 is 21.4 Å². The Morgan fingerprint density at radius 1 is 1.60 bits per heavy atom. The molecule has 0 saturated carbocycles. The Labute approximate surface area is 60.9 Å². The van der Waals surface area contributed by atoms with E-state index in [0.717, 1.165) is 0 Å². The first kappa shape index (κ1) is 9.98. The fraction of sp³-hybridized carbons (Fsp3) is 1.00. The standard InChI is InChI=1S/C2H7NO5S2/c3-10(6,7)8-1-2-9(4)5/h1-2H2,(H,4,5)(H2,3,6,7)/p-1. The molecule has 0 aromatic heterocycles. The van der Waals surface area contributed by atoms with Crippen LogP contribution >= 0.6 is 0 Å². The van der Waals surface area contributed by atoms with Crippen LogP contribution in [0.4, 0.5) is 0 Å². The fourth-order valence-electron chi connectivity index (χ4n) is 0.218. The van der Waals surface area contributed by atoms with Crippen LogP contribution < -0.4 is 5.14 Å². The molecule has 6 nitrogen and oxygen atoms in total. The van der Waals surface area contributed by atoms with Crippen LogP contribution in [0.15, 0.2) is 0 Å². The van der Waals surface area contributed by atoms with E-state index in [4.69, 9.17) is 0 Å². The SMILES string of the molecule is NS(=O)(=O)OCCS(=O)[O-]. The largest absolute Gasteiger partial charge is 0.772 e. The first-order valence-corrected chi connectivity index (χ1v) is 4.86. The normalized spacial score (nSPS) is 15.0. The topological polar surface area (TPSA) is 110 Å². The van der Waals surface area contributed by atoms with Crippen molar-refractivity contribution >= 4 is 21.4 Å². The second-order valence-electron chi connectivity index (χ2n) is 1.32. The van der Waals surface area contributed by atoms with Gasteiger partial charge in [0.1, 0.15) is 0 Å². The van der Waals surface area contributed by atoms with Crippen LogP contribution in [0.1, 0.15) is 0 Å². The van der Waals surface area contributed by atoms with E-state index in [1.54, 1.807) is 0 Å². The van der Waals surface area contributed by atoms with Crippen molar-refractivity contribution in [2.75, 3.05) is 12.4 Å². The molecule has 0 aliphatic carbocycles. The van der Waals surface area contributed by atoms with E-state index in [2.05, 4.69) is 9.32 Å². The number of nitrogens with two attached hydrogens (primary N) is 1. The van der Waals surface area contributed by atoms with Crippen LogP contribution in [0.3, 0.4) is 0 Å². The first-order valence-electron chi connectivity index (χ1n) is 2.15. The van der Waals surface area contributed by atoms with Gasteiger partial charge in [0.25, 0.3) is 0 Å². The molecule has 1 unspecified atom stereocenters. The molecule has 10 heavy (non-hydrogen) atoms. The molecular formula is C2H6NO5S2-. The number of hydrogen-bond donors (Lipinski definition) is 1. The summed E-state index contributed by atoms with van der Waals surface area (Å²) < 4.78 is 43.4. The second kappa shape index (κ2) is 3.98. The maximum atomic E-state index is 9.97. The molecule has 8 heteroatoms. The molecular weight excluding hydrogens is 182 g/mol. The summed E-state index contributed by atoms with van der Waals surface area (Å²) in [5.74, 6) is -0.379. The van der Waals surface area contributed by atoms with Crippen molar-refractivity contribution in [1.29, 1.82) is 0 Å². The van der Waals surface area contributed by atoms with Crippen LogP contribution in [-0.2, 0) is 25.6 Å². The highest BCUT2D eigenvalue weighted by Gasteiger charge is 1.99. The Hall–Kier alpha value is -0.0200. The van der Waals surface area contributed by atoms with Gasteiger partial charge < -0.3 is 4.55 Å². The monoisotopic (exact) mass is 188 g/mol. The van der Waals surface area contributed by atoms with Crippen LogP contribution in [0.25, 0.3) is 0 Å². The summed E-state index contributed by atoms with van der Waals surface area (Å²) in [4.78, 5) is 0. The van der Waals surface area contributed by atoms with Crippen LogP contribution in [0, 0.1) is 0 Å². The molecule has 0 aromatic carbocycles. The maximum Gasteiger partial charge on any atom is 0.333 e. The summed E-state index contributed by atoms with van der Waals surface area (Å²) in [6, 6.07) is 0. The molecule has 62 valence electrons. The zero-order valence-corrected chi connectivity index (χ0v) is 6.48. The minimum absolute atomic E-state index is 0.379. The van der Waals surface area contributed by atoms with Gasteiger partial charge in [0.2, 0.25) is 0 Å². The average molecular weight is 188 g/mol. The zero-order chi connectivity index (χ0) is 8.20. The highest BCUT2D eigenvalue weighted by molar-refractivity contribution is 7.84. The van der Waals surface area contributed by atoms with Crippen molar-refractivity contribution in [3.05, 3.63) is 0 Å². The Bertz CT molecular complexity index is 208. The molecule has 0 amide bonds. The molecule has 0 bridgehead atoms. The van der Waals surface area contributed by atoms with Crippen LogP contribution in [0.5, 0.6) is 0 Å². The quantitative estimate of drug-likeness (QED) is 0.517. The number of rotatable bonds is 4. The van der Waals surface area contributed by atoms with E-state index >= 15 is 0 Å². The molecule has 0 fully saturated rings. The highest BCUT2D eigenvalue weighted by atomic mass is 32.2. The maximum absolute atomic E-state index is 9.97. The van der Waals surface area contributed by atoms with Gasteiger partial charge in [-0.2, -0.15) is 8.42 Å². The summed E-state index contributed by atoms with van der Waals surface area (Å²) >= 11 is -2.30. The molecule has 0 aromatic rings. The van der Waals surface area contributed by atoms with E-state index in [1.165, 1.54) is 0 Å². The van der Waals surface area contributed by atoms with Gasteiger partial charge in [-0.15, -0.1) is 0 Å². The minimum atomic E-state index is -3.99. The fourth-order valence-corrected chi connectivity index (χ4v) is 0.859. The lowest BCUT2D eigenvalue weighted by Gasteiger charge is -2.02. The van der Waals surface area contributed by atoms with Crippen LogP contribution in [-0.4, -0.2) is 29.5 Å². The van der Waals surface area contributed by atoms with Gasteiger partial charge >= 0.3 is 10.3 Å². The summed E-state index contributed by atoms with van der Waals surface area (Å²) in [5.41, 5.74) is 0. The molecule has 0 spiro atoms. The molecule has 0 aliphatic rings. The third kappa shape index (κ3) is 7.98. The van der Waals surface area contributed by atoms with Gasteiger partial charge in [-0.05, 0) is 0 Å². The minimum Gasteiger partial charge on any atom is -0.772 e. The molecule has 0 aliphatic heterocycles. The predicted octanol–water partition coefficient (Wildman–Crippen LogP) is -1.91. The van der Waals surface area contributed by atoms with E-state index in [0.29, 0.717) is 0 Å². The summed E-state index contributed by atoms with van der Waals surface area (Å²) in [6.07, 6.45) is 0. The van der Waals surface area contributed by atoms with Gasteiger partial charge in [0, 0.05) is 5.75 Å². The Morgan fingerprint density at radius 3 is 2.40 bits per heavy atom. The Kier molecular flexibility index (Phi) is 3.98. The lowest BCUT2D eigenvalue weighted by molar-refractivity contribution is 0.338. The first-order chi connectivity index (χ1) is 4.42. The van der Waals surface area contributed by atoms with E-state index in [-0.39, 0.29) is 5.75 Å². The van der Waals surface area contributed by atoms with E-state index in [9.17, 15) is 17.2 Å². The predicted molar refractivity (Wildman–Crippen MR) is 32.8 cm³/mol. The van der Waals surface area contributed by atoms with Crippen molar-refractivity contribution in [3.63, 3.8) is 0 Å². The zero-order valence-electron chi connectivity index (χ0n) is 4.85. The smallest absolute Gasteiger partial charge is 0.333 e. The summed E-state index contributed by atoms with van der Waals surface area (Å²) in [5, 5.41) is 4.37. The van der Waals surface area contributed by atoms with Gasteiger partial charge in [-0.1, -0.05) is 11.1 Å². The Balaban J connectivity index is 3.49. The molecule has 0 saturated heterocycles. The molecule has 2 N–H and O–H groups in total. The lowest BCUT2D eigenvalue weighted by atomic mass is 10.9. The van der Waals surface area contributed by atoms with E-state index < -0.39 is 28.0 Å². The summed E-state index contributed by atoms with van der Waals surface area (Å²) in [6.45, 7) is -0.436. The third-order valence-corrected chi connectivity index (χ3v) is 1.49. The van der Waals surface area contributed by atoms with Crippen molar-refractivity contribution in [1.82, 2.24) is 0 Å². The lowest BCUT2D eigenvalue weighted by Crippen LogP contribution is -2.18. The summed E-state index contributed by atoms with van der Waals surface area (Å²) in [7, 11) is -3.99. The van der Waals surface area contributed by atoms with Crippen molar-refractivity contribution in [3.8, 4) is 0 Å². The van der Waals surface area contributed by atoms with Crippen molar-refractivity contribution in [2.45, 2.75) is 0 Å². The average Bonchev–Trinajstić information content (AvgIpc) is 1.59. The van der Waals surface area contributed by atoms with Gasteiger partial charge in [0.05, 0.1) is 6.61 Å². The molecule has 1 atom stereocenters. The Morgan fingerprint density at radius 2 is 2.10 bits per heavy atom. The highest BCUT2D eigenvalue weighted by Crippen LogP contribution is 1.82. The van der Waals surface area contributed by atoms with Gasteiger partial charge in [0.15, 0.2) is 0 Å². The van der Waals surface area contributed by atoms with Crippen LogP contribution in [0.2, 0.25) is 0 Å². The molecule has 0 rings (SSSR count). The second-order valence-corrected chi connectivity index (χ2v) is 3.56.